The summed E-state index contributed by atoms with van der Waals surface area (Å²) in [7, 11) is 0. The molecule has 1 aliphatic carbocycles. The maximum Gasteiger partial charge on any atom is 0.274 e. The standard InChI is InChI=1S/C17H22N4OS/c1-2-13-10-23-16(18-13)12-4-3-7-21(9-12)17(22)15-8-14(19-20-15)11-5-6-11/h8,10-12H,2-7,9H2,1H3,(H,19,20). The molecule has 2 aliphatic rings. The maximum atomic E-state index is 12.7. The fourth-order valence-corrected chi connectivity index (χ4v) is 4.28. The van der Waals surface area contributed by atoms with Gasteiger partial charge in [0.1, 0.15) is 5.69 Å². The van der Waals surface area contributed by atoms with Gasteiger partial charge in [-0.1, -0.05) is 6.92 Å². The molecule has 2 aromatic heterocycles. The van der Waals surface area contributed by atoms with Gasteiger partial charge in [-0.3, -0.25) is 9.89 Å². The summed E-state index contributed by atoms with van der Waals surface area (Å²) in [6.07, 6.45) is 5.56. The zero-order chi connectivity index (χ0) is 15.8. The predicted molar refractivity (Wildman–Crippen MR) is 89.9 cm³/mol. The van der Waals surface area contributed by atoms with Gasteiger partial charge in [-0.2, -0.15) is 5.10 Å². The van der Waals surface area contributed by atoms with Crippen molar-refractivity contribution in [2.24, 2.45) is 0 Å². The molecule has 1 saturated carbocycles. The first-order valence-corrected chi connectivity index (χ1v) is 9.41. The molecule has 1 amide bonds. The molecule has 122 valence electrons. The number of nitrogens with one attached hydrogen (secondary N) is 1. The summed E-state index contributed by atoms with van der Waals surface area (Å²) in [5.74, 6) is 1.03. The topological polar surface area (TPSA) is 61.9 Å². The molecule has 0 bridgehead atoms. The zero-order valence-corrected chi connectivity index (χ0v) is 14.2. The molecule has 1 N–H and O–H groups in total. The van der Waals surface area contributed by atoms with Crippen LogP contribution in [0.5, 0.6) is 0 Å². The van der Waals surface area contributed by atoms with Crippen molar-refractivity contribution < 1.29 is 4.79 Å². The number of rotatable bonds is 4. The van der Waals surface area contributed by atoms with Gasteiger partial charge in [-0.05, 0) is 38.2 Å². The molecular weight excluding hydrogens is 308 g/mol. The zero-order valence-electron chi connectivity index (χ0n) is 13.4. The largest absolute Gasteiger partial charge is 0.337 e. The molecule has 6 heteroatoms. The van der Waals surface area contributed by atoms with E-state index in [-0.39, 0.29) is 5.91 Å². The van der Waals surface area contributed by atoms with Crippen LogP contribution in [0.1, 0.15) is 71.3 Å². The molecule has 0 aromatic carbocycles. The van der Waals surface area contributed by atoms with Gasteiger partial charge in [0.05, 0.1) is 10.7 Å². The number of thiazole rings is 1. The van der Waals surface area contributed by atoms with E-state index in [1.54, 1.807) is 11.3 Å². The van der Waals surface area contributed by atoms with Crippen molar-refractivity contribution in [1.82, 2.24) is 20.1 Å². The second-order valence-corrected chi connectivity index (χ2v) is 7.49. The van der Waals surface area contributed by atoms with Crippen LogP contribution in [0.3, 0.4) is 0 Å². The summed E-state index contributed by atoms with van der Waals surface area (Å²) in [5.41, 5.74) is 2.85. The van der Waals surface area contributed by atoms with Crippen LogP contribution in [0.2, 0.25) is 0 Å². The number of hydrogen-bond donors (Lipinski definition) is 1. The van der Waals surface area contributed by atoms with Crippen LogP contribution in [0, 0.1) is 0 Å². The van der Waals surface area contributed by atoms with Gasteiger partial charge in [-0.15, -0.1) is 11.3 Å². The predicted octanol–water partition coefficient (Wildman–Crippen LogP) is 3.33. The fraction of sp³-hybridized carbons (Fsp3) is 0.588. The number of aromatic amines is 1. The van der Waals surface area contributed by atoms with Gasteiger partial charge in [-0.25, -0.2) is 4.98 Å². The highest BCUT2D eigenvalue weighted by Crippen LogP contribution is 2.39. The van der Waals surface area contributed by atoms with E-state index in [4.69, 9.17) is 4.98 Å². The van der Waals surface area contributed by atoms with Crippen molar-refractivity contribution >= 4 is 17.2 Å². The van der Waals surface area contributed by atoms with E-state index in [2.05, 4.69) is 22.5 Å². The van der Waals surface area contributed by atoms with Gasteiger partial charge in [0.15, 0.2) is 0 Å². The SMILES string of the molecule is CCc1csc(C2CCCN(C(=O)c3cc(C4CC4)[nH]n3)C2)n1. The molecule has 2 fully saturated rings. The minimum Gasteiger partial charge on any atom is -0.337 e. The Balaban J connectivity index is 1.46. The Bertz CT molecular complexity index is 703. The van der Waals surface area contributed by atoms with E-state index in [9.17, 15) is 4.79 Å². The third-order valence-corrected chi connectivity index (χ3v) is 5.88. The third kappa shape index (κ3) is 3.04. The molecule has 1 aliphatic heterocycles. The van der Waals surface area contributed by atoms with Crippen molar-refractivity contribution in [1.29, 1.82) is 0 Å². The van der Waals surface area contributed by atoms with Gasteiger partial charge in [0.2, 0.25) is 0 Å². The lowest BCUT2D eigenvalue weighted by Gasteiger charge is -2.31. The second-order valence-electron chi connectivity index (χ2n) is 6.60. The van der Waals surface area contributed by atoms with Crippen molar-refractivity contribution in [3.05, 3.63) is 33.5 Å². The Hall–Kier alpha value is -1.69. The molecule has 0 spiro atoms. The average Bonchev–Trinajstić information content (AvgIpc) is 3.14. The van der Waals surface area contributed by atoms with Gasteiger partial charge in [0.25, 0.3) is 5.91 Å². The van der Waals surface area contributed by atoms with Crippen molar-refractivity contribution in [2.75, 3.05) is 13.1 Å². The number of H-pyrrole nitrogens is 1. The smallest absolute Gasteiger partial charge is 0.274 e. The maximum absolute atomic E-state index is 12.7. The summed E-state index contributed by atoms with van der Waals surface area (Å²) in [6.45, 7) is 3.72. The number of aromatic nitrogens is 3. The molecule has 1 saturated heterocycles. The molecular formula is C17H22N4OS. The van der Waals surface area contributed by atoms with Crippen LogP contribution in [0.25, 0.3) is 0 Å². The van der Waals surface area contributed by atoms with Gasteiger partial charge < -0.3 is 4.90 Å². The summed E-state index contributed by atoms with van der Waals surface area (Å²) in [4.78, 5) is 19.4. The fourth-order valence-electron chi connectivity index (χ4n) is 3.25. The first-order chi connectivity index (χ1) is 11.2. The van der Waals surface area contributed by atoms with Gasteiger partial charge >= 0.3 is 0 Å². The molecule has 5 nitrogen and oxygen atoms in total. The minimum absolute atomic E-state index is 0.0603. The molecule has 23 heavy (non-hydrogen) atoms. The number of piperidine rings is 1. The van der Waals surface area contributed by atoms with Crippen LogP contribution in [-0.4, -0.2) is 39.1 Å². The van der Waals surface area contributed by atoms with Crippen molar-refractivity contribution in [3.8, 4) is 0 Å². The Morgan fingerprint density at radius 3 is 3.00 bits per heavy atom. The van der Waals surface area contributed by atoms with Gasteiger partial charge in [0, 0.05) is 36.0 Å². The van der Waals surface area contributed by atoms with E-state index in [1.165, 1.54) is 17.8 Å². The molecule has 4 rings (SSSR count). The number of carbonyl (C=O) groups is 1. The quantitative estimate of drug-likeness (QED) is 0.935. The van der Waals surface area contributed by atoms with Crippen LogP contribution in [-0.2, 0) is 6.42 Å². The Labute approximate surface area is 140 Å². The molecule has 1 atom stereocenters. The normalized spacial score (nSPS) is 21.6. The van der Waals surface area contributed by atoms with E-state index >= 15 is 0 Å². The Morgan fingerprint density at radius 1 is 1.39 bits per heavy atom. The highest BCUT2D eigenvalue weighted by molar-refractivity contribution is 7.09. The number of likely N-dealkylation sites (tertiary alicyclic amines) is 1. The summed E-state index contributed by atoms with van der Waals surface area (Å²) < 4.78 is 0. The van der Waals surface area contributed by atoms with E-state index in [0.717, 1.165) is 43.7 Å². The first kappa shape index (κ1) is 14.9. The number of aryl methyl sites for hydroxylation is 1. The van der Waals surface area contributed by atoms with E-state index in [1.807, 2.05) is 11.0 Å². The highest BCUT2D eigenvalue weighted by atomic mass is 32.1. The van der Waals surface area contributed by atoms with E-state index < -0.39 is 0 Å². The van der Waals surface area contributed by atoms with Crippen LogP contribution in [0.15, 0.2) is 11.4 Å². The molecule has 0 radical (unpaired) electrons. The summed E-state index contributed by atoms with van der Waals surface area (Å²) in [5, 5.41) is 10.6. The summed E-state index contributed by atoms with van der Waals surface area (Å²) >= 11 is 1.74. The average molecular weight is 330 g/mol. The second kappa shape index (κ2) is 6.07. The Kier molecular flexibility index (Phi) is 3.93. The van der Waals surface area contributed by atoms with Crippen molar-refractivity contribution in [3.63, 3.8) is 0 Å². The molecule has 3 heterocycles. The van der Waals surface area contributed by atoms with Crippen LogP contribution >= 0.6 is 11.3 Å². The lowest BCUT2D eigenvalue weighted by molar-refractivity contribution is 0.0701. The van der Waals surface area contributed by atoms with Crippen LogP contribution in [0.4, 0.5) is 0 Å². The van der Waals surface area contributed by atoms with Crippen molar-refractivity contribution in [2.45, 2.75) is 50.9 Å². The number of hydrogen-bond acceptors (Lipinski definition) is 4. The monoisotopic (exact) mass is 330 g/mol. The minimum atomic E-state index is 0.0603. The van der Waals surface area contributed by atoms with Crippen LogP contribution < -0.4 is 0 Å². The summed E-state index contributed by atoms with van der Waals surface area (Å²) in [6, 6.07) is 1.95. The Morgan fingerprint density at radius 2 is 2.26 bits per heavy atom. The first-order valence-electron chi connectivity index (χ1n) is 8.53. The number of carbonyl (C=O) groups excluding carboxylic acids is 1. The van der Waals surface area contributed by atoms with E-state index in [0.29, 0.717) is 17.5 Å². The number of nitrogens with zero attached hydrogens (tertiary/aromatic N) is 3. The molecule has 1 unspecified atom stereocenters. The number of amides is 1. The third-order valence-electron chi connectivity index (χ3n) is 4.82. The lowest BCUT2D eigenvalue weighted by atomic mass is 9.98. The highest BCUT2D eigenvalue weighted by Gasteiger charge is 2.30. The molecule has 2 aromatic rings. The lowest BCUT2D eigenvalue weighted by Crippen LogP contribution is -2.39.